The van der Waals surface area contributed by atoms with Crippen LogP contribution in [-0.4, -0.2) is 26.1 Å². The van der Waals surface area contributed by atoms with Gasteiger partial charge in [0, 0.05) is 31.0 Å². The van der Waals surface area contributed by atoms with Crippen molar-refractivity contribution in [2.75, 3.05) is 11.9 Å². The minimum Gasteiger partial charge on any atom is -0.369 e. The fourth-order valence-corrected chi connectivity index (χ4v) is 2.07. The standard InChI is InChI=1S/C16H17N5/c1-2-5-14(6-3-1)15-11-20-16(12-19-15)18-7-4-9-21-10-8-17-13-21/h1-3,5-6,8,10-13H,4,7,9H2,(H,18,20). The van der Waals surface area contributed by atoms with E-state index in [1.54, 1.807) is 18.6 Å². The molecule has 0 saturated carbocycles. The molecule has 0 bridgehead atoms. The van der Waals surface area contributed by atoms with Crippen molar-refractivity contribution < 1.29 is 0 Å². The lowest BCUT2D eigenvalue weighted by Crippen LogP contribution is -2.07. The van der Waals surface area contributed by atoms with Gasteiger partial charge in [0.2, 0.25) is 0 Å². The zero-order valence-corrected chi connectivity index (χ0v) is 11.7. The van der Waals surface area contributed by atoms with Crippen LogP contribution in [0.15, 0.2) is 61.4 Å². The SMILES string of the molecule is c1ccc(-c2cnc(NCCCn3ccnc3)cn2)cc1. The molecule has 5 heteroatoms. The number of aryl methyl sites for hydroxylation is 1. The number of benzene rings is 1. The van der Waals surface area contributed by atoms with Crippen LogP contribution in [0.2, 0.25) is 0 Å². The summed E-state index contributed by atoms with van der Waals surface area (Å²) in [5.41, 5.74) is 1.97. The molecule has 0 unspecified atom stereocenters. The smallest absolute Gasteiger partial charge is 0.144 e. The minimum absolute atomic E-state index is 0.806. The molecule has 1 aromatic carbocycles. The third-order valence-corrected chi connectivity index (χ3v) is 3.18. The van der Waals surface area contributed by atoms with Crippen LogP contribution < -0.4 is 5.32 Å². The zero-order valence-electron chi connectivity index (χ0n) is 11.7. The molecule has 3 aromatic rings. The quantitative estimate of drug-likeness (QED) is 0.705. The molecule has 0 fully saturated rings. The van der Waals surface area contributed by atoms with E-state index in [0.29, 0.717) is 0 Å². The lowest BCUT2D eigenvalue weighted by Gasteiger charge is -2.06. The van der Waals surface area contributed by atoms with Crippen molar-refractivity contribution >= 4 is 5.82 Å². The summed E-state index contributed by atoms with van der Waals surface area (Å²) in [6.07, 6.45) is 10.2. The Kier molecular flexibility index (Phi) is 4.21. The van der Waals surface area contributed by atoms with Crippen molar-refractivity contribution in [2.24, 2.45) is 0 Å². The lowest BCUT2D eigenvalue weighted by molar-refractivity contribution is 0.660. The maximum absolute atomic E-state index is 4.44. The van der Waals surface area contributed by atoms with Gasteiger partial charge in [-0.15, -0.1) is 0 Å². The predicted molar refractivity (Wildman–Crippen MR) is 82.8 cm³/mol. The Balaban J connectivity index is 1.50. The number of imidazole rings is 1. The van der Waals surface area contributed by atoms with Crippen molar-refractivity contribution in [2.45, 2.75) is 13.0 Å². The third-order valence-electron chi connectivity index (χ3n) is 3.18. The summed E-state index contributed by atoms with van der Waals surface area (Å²) in [5, 5.41) is 3.28. The summed E-state index contributed by atoms with van der Waals surface area (Å²) in [5.74, 6) is 0.806. The highest BCUT2D eigenvalue weighted by Gasteiger charge is 1.99. The molecule has 3 rings (SSSR count). The van der Waals surface area contributed by atoms with E-state index < -0.39 is 0 Å². The van der Waals surface area contributed by atoms with Gasteiger partial charge in [-0.05, 0) is 6.42 Å². The molecule has 1 N–H and O–H groups in total. The molecule has 0 atom stereocenters. The fourth-order valence-electron chi connectivity index (χ4n) is 2.07. The Hall–Kier alpha value is -2.69. The van der Waals surface area contributed by atoms with Gasteiger partial charge < -0.3 is 9.88 Å². The summed E-state index contributed by atoms with van der Waals surface area (Å²) in [6.45, 7) is 1.81. The summed E-state index contributed by atoms with van der Waals surface area (Å²) < 4.78 is 2.06. The Morgan fingerprint density at radius 1 is 1.05 bits per heavy atom. The largest absolute Gasteiger partial charge is 0.369 e. The third kappa shape index (κ3) is 3.66. The zero-order chi connectivity index (χ0) is 14.3. The number of anilines is 1. The summed E-state index contributed by atoms with van der Waals surface area (Å²) >= 11 is 0. The number of nitrogens with one attached hydrogen (secondary N) is 1. The van der Waals surface area contributed by atoms with E-state index in [1.807, 2.05) is 42.9 Å². The van der Waals surface area contributed by atoms with Gasteiger partial charge in [0.15, 0.2) is 0 Å². The summed E-state index contributed by atoms with van der Waals surface area (Å²) in [4.78, 5) is 12.9. The topological polar surface area (TPSA) is 55.6 Å². The molecule has 0 spiro atoms. The first-order chi connectivity index (χ1) is 10.4. The number of aromatic nitrogens is 4. The van der Waals surface area contributed by atoms with E-state index in [0.717, 1.165) is 36.6 Å². The summed E-state index contributed by atoms with van der Waals surface area (Å²) in [7, 11) is 0. The monoisotopic (exact) mass is 279 g/mol. The molecule has 0 aliphatic carbocycles. The Bertz CT molecular complexity index is 647. The van der Waals surface area contributed by atoms with E-state index in [2.05, 4.69) is 24.8 Å². The molecule has 106 valence electrons. The van der Waals surface area contributed by atoms with Crippen molar-refractivity contribution in [1.82, 2.24) is 19.5 Å². The van der Waals surface area contributed by atoms with Crippen molar-refractivity contribution in [3.8, 4) is 11.3 Å². The van der Waals surface area contributed by atoms with E-state index >= 15 is 0 Å². The van der Waals surface area contributed by atoms with Gasteiger partial charge in [-0.2, -0.15) is 0 Å². The molecule has 0 radical (unpaired) electrons. The Labute approximate surface area is 123 Å². The number of hydrogen-bond acceptors (Lipinski definition) is 4. The maximum Gasteiger partial charge on any atom is 0.144 e. The number of rotatable bonds is 6. The van der Waals surface area contributed by atoms with E-state index in [-0.39, 0.29) is 0 Å². The van der Waals surface area contributed by atoms with Crippen LogP contribution in [0, 0.1) is 0 Å². The second kappa shape index (κ2) is 6.65. The highest BCUT2D eigenvalue weighted by atomic mass is 15.0. The Morgan fingerprint density at radius 3 is 2.67 bits per heavy atom. The van der Waals surface area contributed by atoms with Gasteiger partial charge in [-0.1, -0.05) is 30.3 Å². The predicted octanol–water partition coefficient (Wildman–Crippen LogP) is 2.84. The number of hydrogen-bond donors (Lipinski definition) is 1. The van der Waals surface area contributed by atoms with Gasteiger partial charge in [0.1, 0.15) is 5.82 Å². The number of nitrogens with zero attached hydrogens (tertiary/aromatic N) is 4. The molecule has 2 aromatic heterocycles. The molecule has 2 heterocycles. The van der Waals surface area contributed by atoms with Gasteiger partial charge in [0.05, 0.1) is 24.4 Å². The highest BCUT2D eigenvalue weighted by Crippen LogP contribution is 2.15. The van der Waals surface area contributed by atoms with Crippen LogP contribution in [-0.2, 0) is 6.54 Å². The van der Waals surface area contributed by atoms with Gasteiger partial charge in [-0.25, -0.2) is 9.97 Å². The van der Waals surface area contributed by atoms with Crippen LogP contribution in [0.4, 0.5) is 5.82 Å². The molecule has 21 heavy (non-hydrogen) atoms. The maximum atomic E-state index is 4.44. The average Bonchev–Trinajstić information content (AvgIpc) is 3.06. The van der Waals surface area contributed by atoms with Crippen LogP contribution in [0.1, 0.15) is 6.42 Å². The highest BCUT2D eigenvalue weighted by molar-refractivity contribution is 5.58. The van der Waals surface area contributed by atoms with Crippen LogP contribution >= 0.6 is 0 Å². The van der Waals surface area contributed by atoms with E-state index in [1.165, 1.54) is 0 Å². The van der Waals surface area contributed by atoms with Crippen LogP contribution in [0.3, 0.4) is 0 Å². The van der Waals surface area contributed by atoms with Gasteiger partial charge in [-0.3, -0.25) is 4.98 Å². The first-order valence-corrected chi connectivity index (χ1v) is 6.99. The molecule has 0 saturated heterocycles. The lowest BCUT2D eigenvalue weighted by atomic mass is 10.2. The van der Waals surface area contributed by atoms with Crippen molar-refractivity contribution in [1.29, 1.82) is 0 Å². The van der Waals surface area contributed by atoms with E-state index in [9.17, 15) is 0 Å². The molecule has 0 amide bonds. The second-order valence-corrected chi connectivity index (χ2v) is 4.73. The van der Waals surface area contributed by atoms with Crippen molar-refractivity contribution in [3.05, 3.63) is 61.4 Å². The molecular weight excluding hydrogens is 262 g/mol. The molecule has 5 nitrogen and oxygen atoms in total. The first-order valence-electron chi connectivity index (χ1n) is 6.99. The van der Waals surface area contributed by atoms with Crippen LogP contribution in [0.25, 0.3) is 11.3 Å². The fraction of sp³-hybridized carbons (Fsp3) is 0.188. The van der Waals surface area contributed by atoms with Gasteiger partial charge >= 0.3 is 0 Å². The summed E-state index contributed by atoms with van der Waals surface area (Å²) in [6, 6.07) is 10.1. The van der Waals surface area contributed by atoms with Crippen LogP contribution in [0.5, 0.6) is 0 Å². The van der Waals surface area contributed by atoms with Crippen molar-refractivity contribution in [3.63, 3.8) is 0 Å². The molecule has 0 aliphatic rings. The van der Waals surface area contributed by atoms with E-state index in [4.69, 9.17) is 0 Å². The Morgan fingerprint density at radius 2 is 1.95 bits per heavy atom. The molecular formula is C16H17N5. The van der Waals surface area contributed by atoms with Gasteiger partial charge in [0.25, 0.3) is 0 Å². The molecule has 0 aliphatic heterocycles. The average molecular weight is 279 g/mol. The first kappa shape index (κ1) is 13.3. The second-order valence-electron chi connectivity index (χ2n) is 4.73. The minimum atomic E-state index is 0.806. The normalized spacial score (nSPS) is 10.5.